The first kappa shape index (κ1) is 22.2. The van der Waals surface area contributed by atoms with Crippen LogP contribution in [0.3, 0.4) is 0 Å². The van der Waals surface area contributed by atoms with Gasteiger partial charge in [0.15, 0.2) is 5.96 Å². The molecule has 6 nitrogen and oxygen atoms in total. The van der Waals surface area contributed by atoms with Gasteiger partial charge in [0.05, 0.1) is 5.75 Å². The van der Waals surface area contributed by atoms with E-state index in [2.05, 4.69) is 44.8 Å². The predicted molar refractivity (Wildman–Crippen MR) is 114 cm³/mol. The lowest BCUT2D eigenvalue weighted by atomic mass is 10.2. The van der Waals surface area contributed by atoms with Crippen molar-refractivity contribution in [3.8, 4) is 0 Å². The van der Waals surface area contributed by atoms with Crippen LogP contribution in [-0.2, 0) is 16.4 Å². The van der Waals surface area contributed by atoms with E-state index in [4.69, 9.17) is 0 Å². The molecule has 0 aliphatic carbocycles. The van der Waals surface area contributed by atoms with Crippen LogP contribution in [0, 0.1) is 0 Å². The zero-order valence-electron chi connectivity index (χ0n) is 14.9. The second-order valence-electron chi connectivity index (χ2n) is 6.26. The van der Waals surface area contributed by atoms with Gasteiger partial charge in [-0.3, -0.25) is 9.89 Å². The Labute approximate surface area is 168 Å². The fraction of sp³-hybridized carbons (Fsp3) is 0.588. The number of likely N-dealkylation sites (tertiary alicyclic amines) is 1. The second kappa shape index (κ2) is 11.0. The lowest BCUT2D eigenvalue weighted by Crippen LogP contribution is -2.45. The zero-order chi connectivity index (χ0) is 17.4. The Bertz CT molecular complexity index is 637. The number of rotatable bonds is 7. The van der Waals surface area contributed by atoms with E-state index < -0.39 is 9.84 Å². The molecule has 1 aliphatic rings. The fourth-order valence-corrected chi connectivity index (χ4v) is 3.42. The number of nitrogens with one attached hydrogen (secondary N) is 2. The standard InChI is InChI=1S/C17H28N4O2S.HI/c1-18-17(19-10-12-24(2,22)23)20-13-16-9-6-11-21(16)14-15-7-4-3-5-8-15;/h3-5,7-8,16H,6,9-14H2,1-2H3,(H2,18,19,20);1H. The topological polar surface area (TPSA) is 73.8 Å². The minimum atomic E-state index is -2.96. The first-order valence-electron chi connectivity index (χ1n) is 8.38. The highest BCUT2D eigenvalue weighted by molar-refractivity contribution is 14.0. The van der Waals surface area contributed by atoms with Crippen molar-refractivity contribution >= 4 is 39.8 Å². The molecule has 1 aromatic rings. The van der Waals surface area contributed by atoms with Gasteiger partial charge in [-0.15, -0.1) is 24.0 Å². The van der Waals surface area contributed by atoms with Crippen molar-refractivity contribution in [2.75, 3.05) is 38.7 Å². The van der Waals surface area contributed by atoms with E-state index >= 15 is 0 Å². The van der Waals surface area contributed by atoms with Gasteiger partial charge in [0, 0.05) is 39.0 Å². The van der Waals surface area contributed by atoms with Crippen molar-refractivity contribution in [1.29, 1.82) is 0 Å². The normalized spacial score (nSPS) is 18.6. The molecule has 0 bridgehead atoms. The number of aliphatic imine (C=N–C) groups is 1. The third kappa shape index (κ3) is 8.37. The van der Waals surface area contributed by atoms with E-state index in [1.165, 1.54) is 24.7 Å². The quantitative estimate of drug-likeness (QED) is 0.352. The lowest BCUT2D eigenvalue weighted by molar-refractivity contribution is 0.245. The lowest BCUT2D eigenvalue weighted by Gasteiger charge is -2.25. The molecule has 0 radical (unpaired) electrons. The number of hydrogen-bond acceptors (Lipinski definition) is 4. The highest BCUT2D eigenvalue weighted by Gasteiger charge is 2.24. The van der Waals surface area contributed by atoms with Gasteiger partial charge in [0.1, 0.15) is 9.84 Å². The molecule has 1 fully saturated rings. The molecule has 0 spiro atoms. The van der Waals surface area contributed by atoms with Crippen LogP contribution >= 0.6 is 24.0 Å². The minimum Gasteiger partial charge on any atom is -0.355 e. The molecule has 1 unspecified atom stereocenters. The summed E-state index contributed by atoms with van der Waals surface area (Å²) in [6.07, 6.45) is 3.62. The van der Waals surface area contributed by atoms with Crippen LogP contribution in [0.4, 0.5) is 0 Å². The van der Waals surface area contributed by atoms with Crippen molar-refractivity contribution in [2.45, 2.75) is 25.4 Å². The van der Waals surface area contributed by atoms with Crippen LogP contribution in [0.5, 0.6) is 0 Å². The molecule has 1 saturated heterocycles. The highest BCUT2D eigenvalue weighted by Crippen LogP contribution is 2.19. The molecule has 0 saturated carbocycles. The molecule has 2 rings (SSSR count). The Kier molecular flexibility index (Phi) is 9.73. The summed E-state index contributed by atoms with van der Waals surface area (Å²) in [7, 11) is -1.25. The van der Waals surface area contributed by atoms with Crippen LogP contribution in [0.25, 0.3) is 0 Å². The van der Waals surface area contributed by atoms with Gasteiger partial charge in [-0.1, -0.05) is 30.3 Å². The molecule has 25 heavy (non-hydrogen) atoms. The van der Waals surface area contributed by atoms with Gasteiger partial charge in [-0.2, -0.15) is 0 Å². The molecule has 0 aromatic heterocycles. The van der Waals surface area contributed by atoms with Crippen molar-refractivity contribution in [1.82, 2.24) is 15.5 Å². The maximum Gasteiger partial charge on any atom is 0.191 e. The van der Waals surface area contributed by atoms with Crippen molar-refractivity contribution in [3.63, 3.8) is 0 Å². The van der Waals surface area contributed by atoms with Crippen LogP contribution in [0.1, 0.15) is 18.4 Å². The zero-order valence-corrected chi connectivity index (χ0v) is 18.1. The SMILES string of the molecule is CN=C(NCCS(C)(=O)=O)NCC1CCCN1Cc1ccccc1.I. The third-order valence-corrected chi connectivity index (χ3v) is 5.17. The van der Waals surface area contributed by atoms with Crippen LogP contribution in [0.2, 0.25) is 0 Å². The van der Waals surface area contributed by atoms with Gasteiger partial charge in [-0.25, -0.2) is 8.42 Å². The summed E-state index contributed by atoms with van der Waals surface area (Å²) in [5, 5.41) is 6.37. The Morgan fingerprint density at radius 2 is 2.00 bits per heavy atom. The van der Waals surface area contributed by atoms with E-state index in [1.807, 2.05) is 6.07 Å². The first-order valence-corrected chi connectivity index (χ1v) is 10.4. The van der Waals surface area contributed by atoms with E-state index in [1.54, 1.807) is 7.05 Å². The van der Waals surface area contributed by atoms with Gasteiger partial charge in [0.2, 0.25) is 0 Å². The van der Waals surface area contributed by atoms with Gasteiger partial charge in [-0.05, 0) is 24.9 Å². The molecule has 2 N–H and O–H groups in total. The Morgan fingerprint density at radius 1 is 1.28 bits per heavy atom. The largest absolute Gasteiger partial charge is 0.355 e. The number of nitrogens with zero attached hydrogens (tertiary/aromatic N) is 2. The van der Waals surface area contributed by atoms with Gasteiger partial charge < -0.3 is 10.6 Å². The molecule has 1 aromatic carbocycles. The van der Waals surface area contributed by atoms with Crippen molar-refractivity contribution in [2.24, 2.45) is 4.99 Å². The summed E-state index contributed by atoms with van der Waals surface area (Å²) < 4.78 is 22.4. The smallest absolute Gasteiger partial charge is 0.191 e. The van der Waals surface area contributed by atoms with Crippen LogP contribution in [-0.4, -0.2) is 64.0 Å². The average Bonchev–Trinajstić information content (AvgIpc) is 2.97. The third-order valence-electron chi connectivity index (χ3n) is 4.22. The van der Waals surface area contributed by atoms with Crippen LogP contribution in [0.15, 0.2) is 35.3 Å². The van der Waals surface area contributed by atoms with E-state index in [0.29, 0.717) is 18.5 Å². The minimum absolute atomic E-state index is 0. The summed E-state index contributed by atoms with van der Waals surface area (Å²) in [6.45, 7) is 3.26. The number of sulfone groups is 1. The average molecular weight is 480 g/mol. The van der Waals surface area contributed by atoms with E-state index in [-0.39, 0.29) is 29.7 Å². The maximum atomic E-state index is 11.2. The Balaban J connectivity index is 0.00000312. The first-order chi connectivity index (χ1) is 11.5. The molecular formula is C17H29IN4O2S. The number of hydrogen-bond donors (Lipinski definition) is 2. The number of benzene rings is 1. The molecule has 1 heterocycles. The summed E-state index contributed by atoms with van der Waals surface area (Å²) in [5.41, 5.74) is 1.33. The fourth-order valence-electron chi connectivity index (χ4n) is 2.94. The van der Waals surface area contributed by atoms with E-state index in [0.717, 1.165) is 19.6 Å². The molecule has 1 atom stereocenters. The van der Waals surface area contributed by atoms with Gasteiger partial charge in [0.25, 0.3) is 0 Å². The Morgan fingerprint density at radius 3 is 2.64 bits per heavy atom. The number of guanidine groups is 1. The maximum absolute atomic E-state index is 11.2. The molecule has 0 amide bonds. The summed E-state index contributed by atoms with van der Waals surface area (Å²) in [4.78, 5) is 6.65. The Hall–Kier alpha value is -0.870. The summed E-state index contributed by atoms with van der Waals surface area (Å²) >= 11 is 0. The summed E-state index contributed by atoms with van der Waals surface area (Å²) in [5.74, 6) is 0.766. The highest BCUT2D eigenvalue weighted by atomic mass is 127. The summed E-state index contributed by atoms with van der Waals surface area (Å²) in [6, 6.07) is 11.0. The predicted octanol–water partition coefficient (Wildman–Crippen LogP) is 1.48. The van der Waals surface area contributed by atoms with E-state index in [9.17, 15) is 8.42 Å². The van der Waals surface area contributed by atoms with Crippen molar-refractivity contribution in [3.05, 3.63) is 35.9 Å². The van der Waals surface area contributed by atoms with Gasteiger partial charge >= 0.3 is 0 Å². The molecular weight excluding hydrogens is 451 g/mol. The molecule has 142 valence electrons. The molecule has 8 heteroatoms. The monoisotopic (exact) mass is 480 g/mol. The van der Waals surface area contributed by atoms with Crippen molar-refractivity contribution < 1.29 is 8.42 Å². The van der Waals surface area contributed by atoms with Crippen LogP contribution < -0.4 is 10.6 Å². The molecule has 1 aliphatic heterocycles. The second-order valence-corrected chi connectivity index (χ2v) is 8.52. The number of halogens is 1.